The molecule has 19 heavy (non-hydrogen) atoms. The Morgan fingerprint density at radius 2 is 1.95 bits per heavy atom. The van der Waals surface area contributed by atoms with Crippen molar-refractivity contribution in [3.05, 3.63) is 52.8 Å². The molecule has 0 heterocycles. The van der Waals surface area contributed by atoms with Gasteiger partial charge in [-0.15, -0.1) is 0 Å². The Labute approximate surface area is 120 Å². The summed E-state index contributed by atoms with van der Waals surface area (Å²) < 4.78 is 26.0. The number of hydrogen-bond donors (Lipinski definition) is 0. The van der Waals surface area contributed by atoms with Crippen LogP contribution in [0.4, 0.5) is 4.39 Å². The van der Waals surface area contributed by atoms with E-state index in [9.17, 15) is 8.94 Å². The monoisotopic (exact) mass is 296 g/mol. The molecule has 0 radical (unpaired) electrons. The summed E-state index contributed by atoms with van der Waals surface area (Å²) in [6, 6.07) is 10.3. The summed E-state index contributed by atoms with van der Waals surface area (Å²) in [4.78, 5) is 0.669. The van der Waals surface area contributed by atoms with Gasteiger partial charge in [0.15, 0.2) is 4.90 Å². The predicted octanol–water partition coefficient (Wildman–Crippen LogP) is 4.58. The molecule has 2 aromatic carbocycles. The Morgan fingerprint density at radius 3 is 2.63 bits per heavy atom. The molecule has 0 N–H and O–H groups in total. The third-order valence-corrected chi connectivity index (χ3v) is 4.58. The van der Waals surface area contributed by atoms with Crippen molar-refractivity contribution in [3.63, 3.8) is 0 Å². The average Bonchev–Trinajstić information content (AvgIpc) is 2.42. The van der Waals surface area contributed by atoms with Gasteiger partial charge in [-0.25, -0.2) is 4.39 Å². The van der Waals surface area contributed by atoms with Crippen molar-refractivity contribution >= 4 is 22.8 Å². The standard InChI is InChI=1S/C15H14ClFOS/c1-3-19(18)11-7-8-14(16)13(9-11)12-6-4-5-10(2)15(12)17/h4-9H,3H2,1-2H3. The van der Waals surface area contributed by atoms with Crippen molar-refractivity contribution in [3.8, 4) is 11.1 Å². The Kier molecular flexibility index (Phi) is 4.50. The smallest absolute Gasteiger partial charge is 0.153 e. The van der Waals surface area contributed by atoms with E-state index in [0.29, 0.717) is 32.4 Å². The second-order valence-corrected chi connectivity index (χ2v) is 6.36. The fourth-order valence-electron chi connectivity index (χ4n) is 1.87. The van der Waals surface area contributed by atoms with Crippen molar-refractivity contribution in [1.82, 2.24) is 0 Å². The number of halogens is 2. The third-order valence-electron chi connectivity index (χ3n) is 2.94. The fourth-order valence-corrected chi connectivity index (χ4v) is 2.90. The number of rotatable bonds is 3. The van der Waals surface area contributed by atoms with Crippen LogP contribution in [-0.2, 0) is 11.2 Å². The summed E-state index contributed by atoms with van der Waals surface area (Å²) in [6.07, 6.45) is 0. The molecular formula is C15H14ClFOS. The SMILES string of the molecule is CC[S+]([O-])c1ccc(Cl)c(-c2cccc(C)c2F)c1. The molecule has 4 heteroatoms. The van der Waals surface area contributed by atoms with Crippen LogP contribution in [0.1, 0.15) is 12.5 Å². The summed E-state index contributed by atoms with van der Waals surface area (Å²) in [7, 11) is 0. The molecule has 1 unspecified atom stereocenters. The molecule has 0 amide bonds. The highest BCUT2D eigenvalue weighted by molar-refractivity contribution is 7.91. The van der Waals surface area contributed by atoms with Gasteiger partial charge in [0.2, 0.25) is 0 Å². The van der Waals surface area contributed by atoms with Crippen LogP contribution >= 0.6 is 11.6 Å². The number of aryl methyl sites for hydroxylation is 1. The minimum atomic E-state index is -1.08. The van der Waals surface area contributed by atoms with E-state index in [4.69, 9.17) is 11.6 Å². The largest absolute Gasteiger partial charge is 0.611 e. The third kappa shape index (κ3) is 2.94. The molecule has 0 saturated carbocycles. The second-order valence-electron chi connectivity index (χ2n) is 4.21. The minimum Gasteiger partial charge on any atom is -0.611 e. The first-order valence-electron chi connectivity index (χ1n) is 5.98. The van der Waals surface area contributed by atoms with Gasteiger partial charge in [0, 0.05) is 22.2 Å². The molecule has 2 rings (SSSR count). The van der Waals surface area contributed by atoms with Gasteiger partial charge in [0.25, 0.3) is 0 Å². The highest BCUT2D eigenvalue weighted by Gasteiger charge is 2.15. The van der Waals surface area contributed by atoms with E-state index in [0.717, 1.165) is 0 Å². The van der Waals surface area contributed by atoms with Gasteiger partial charge in [-0.05, 0) is 42.7 Å². The van der Waals surface area contributed by atoms with Gasteiger partial charge < -0.3 is 4.55 Å². The van der Waals surface area contributed by atoms with Gasteiger partial charge in [-0.3, -0.25) is 0 Å². The van der Waals surface area contributed by atoms with Crippen LogP contribution < -0.4 is 0 Å². The first-order valence-corrected chi connectivity index (χ1v) is 7.67. The predicted molar refractivity (Wildman–Crippen MR) is 78.5 cm³/mol. The summed E-state index contributed by atoms with van der Waals surface area (Å²) in [5, 5.41) is 0.460. The van der Waals surface area contributed by atoms with Crippen molar-refractivity contribution in [1.29, 1.82) is 0 Å². The van der Waals surface area contributed by atoms with Gasteiger partial charge in [-0.2, -0.15) is 0 Å². The van der Waals surface area contributed by atoms with Gasteiger partial charge in [0.1, 0.15) is 11.6 Å². The lowest BCUT2D eigenvalue weighted by Crippen LogP contribution is -2.04. The zero-order valence-corrected chi connectivity index (χ0v) is 12.3. The molecule has 0 aliphatic carbocycles. The van der Waals surface area contributed by atoms with Crippen molar-refractivity contribution < 1.29 is 8.94 Å². The number of hydrogen-bond acceptors (Lipinski definition) is 1. The molecule has 0 bridgehead atoms. The van der Waals surface area contributed by atoms with E-state index in [1.54, 1.807) is 43.3 Å². The van der Waals surface area contributed by atoms with E-state index in [2.05, 4.69) is 0 Å². The Hall–Kier alpha value is -1.03. The summed E-state index contributed by atoms with van der Waals surface area (Å²) in [5.41, 5.74) is 1.60. The van der Waals surface area contributed by atoms with Gasteiger partial charge >= 0.3 is 0 Å². The molecule has 0 fully saturated rings. The molecule has 1 nitrogen and oxygen atoms in total. The van der Waals surface area contributed by atoms with Crippen molar-refractivity contribution in [2.24, 2.45) is 0 Å². The van der Waals surface area contributed by atoms with E-state index in [-0.39, 0.29) is 5.82 Å². The lowest BCUT2D eigenvalue weighted by Gasteiger charge is -2.12. The highest BCUT2D eigenvalue weighted by atomic mass is 35.5. The van der Waals surface area contributed by atoms with Crippen LogP contribution in [0.5, 0.6) is 0 Å². The van der Waals surface area contributed by atoms with Gasteiger partial charge in [0.05, 0.1) is 0 Å². The zero-order chi connectivity index (χ0) is 14.0. The average molecular weight is 297 g/mol. The van der Waals surface area contributed by atoms with Crippen LogP contribution in [0.3, 0.4) is 0 Å². The molecule has 2 aromatic rings. The number of benzene rings is 2. The quantitative estimate of drug-likeness (QED) is 0.760. The normalized spacial score (nSPS) is 12.5. The van der Waals surface area contributed by atoms with E-state index in [1.807, 2.05) is 6.92 Å². The maximum atomic E-state index is 14.1. The van der Waals surface area contributed by atoms with Crippen LogP contribution in [0.15, 0.2) is 41.3 Å². The van der Waals surface area contributed by atoms with E-state index >= 15 is 0 Å². The molecule has 0 aliphatic heterocycles. The first kappa shape index (κ1) is 14.4. The molecule has 100 valence electrons. The summed E-state index contributed by atoms with van der Waals surface area (Å²) in [6.45, 7) is 3.55. The topological polar surface area (TPSA) is 23.1 Å². The van der Waals surface area contributed by atoms with Crippen LogP contribution in [-0.4, -0.2) is 10.3 Å². The molecule has 0 aromatic heterocycles. The second kappa shape index (κ2) is 5.95. The Morgan fingerprint density at radius 1 is 1.21 bits per heavy atom. The molecule has 1 atom stereocenters. The van der Waals surface area contributed by atoms with Crippen LogP contribution in [0.2, 0.25) is 5.02 Å². The highest BCUT2D eigenvalue weighted by Crippen LogP contribution is 2.33. The van der Waals surface area contributed by atoms with Crippen molar-refractivity contribution in [2.45, 2.75) is 18.7 Å². The maximum Gasteiger partial charge on any atom is 0.153 e. The van der Waals surface area contributed by atoms with E-state index in [1.165, 1.54) is 0 Å². The lowest BCUT2D eigenvalue weighted by atomic mass is 10.0. The van der Waals surface area contributed by atoms with Crippen molar-refractivity contribution in [2.75, 3.05) is 5.75 Å². The fraction of sp³-hybridized carbons (Fsp3) is 0.200. The van der Waals surface area contributed by atoms with Gasteiger partial charge in [-0.1, -0.05) is 29.8 Å². The molecule has 0 spiro atoms. The van der Waals surface area contributed by atoms with Crippen LogP contribution in [0.25, 0.3) is 11.1 Å². The van der Waals surface area contributed by atoms with E-state index < -0.39 is 11.2 Å². The zero-order valence-electron chi connectivity index (χ0n) is 10.7. The van der Waals surface area contributed by atoms with Crippen LogP contribution in [0, 0.1) is 12.7 Å². The minimum absolute atomic E-state index is 0.288. The Balaban J connectivity index is 2.58. The first-order chi connectivity index (χ1) is 9.04. The summed E-state index contributed by atoms with van der Waals surface area (Å²) >= 11 is 5.06. The summed E-state index contributed by atoms with van der Waals surface area (Å²) in [5.74, 6) is 0.237. The lowest BCUT2D eigenvalue weighted by molar-refractivity contribution is 0.596. The molecule has 0 saturated heterocycles. The maximum absolute atomic E-state index is 14.1. The Bertz CT molecular complexity index is 601. The molecular weight excluding hydrogens is 283 g/mol. The molecule has 0 aliphatic rings.